The summed E-state index contributed by atoms with van der Waals surface area (Å²) in [5, 5.41) is 0. The minimum Gasteiger partial charge on any atom is -0.398 e. The van der Waals surface area contributed by atoms with E-state index in [2.05, 4.69) is 0 Å². The number of thioether (sulfide) groups is 1. The SMILES string of the molecule is Nc1ccccc1SC(F)F. The molecule has 0 heterocycles. The Balaban J connectivity index is 2.78. The molecule has 0 aliphatic heterocycles. The highest BCUT2D eigenvalue weighted by Gasteiger charge is 2.06. The summed E-state index contributed by atoms with van der Waals surface area (Å²) in [6.07, 6.45) is 0. The van der Waals surface area contributed by atoms with Crippen molar-refractivity contribution in [1.29, 1.82) is 0 Å². The summed E-state index contributed by atoms with van der Waals surface area (Å²) < 4.78 is 23.6. The van der Waals surface area contributed by atoms with Crippen molar-refractivity contribution in [3.05, 3.63) is 24.3 Å². The third-order valence-electron chi connectivity index (χ3n) is 1.14. The topological polar surface area (TPSA) is 26.0 Å². The van der Waals surface area contributed by atoms with Crippen LogP contribution in [0.5, 0.6) is 0 Å². The molecule has 11 heavy (non-hydrogen) atoms. The van der Waals surface area contributed by atoms with E-state index >= 15 is 0 Å². The van der Waals surface area contributed by atoms with E-state index in [9.17, 15) is 8.78 Å². The van der Waals surface area contributed by atoms with Gasteiger partial charge in [0.1, 0.15) is 0 Å². The molecule has 0 amide bonds. The van der Waals surface area contributed by atoms with Crippen molar-refractivity contribution in [2.45, 2.75) is 10.7 Å². The van der Waals surface area contributed by atoms with Crippen LogP contribution in [0, 0.1) is 0 Å². The second-order valence-corrected chi connectivity index (χ2v) is 2.95. The molecule has 1 rings (SSSR count). The number of nitrogen functional groups attached to an aromatic ring is 1. The number of alkyl halides is 2. The predicted molar refractivity (Wildman–Crippen MR) is 42.7 cm³/mol. The van der Waals surface area contributed by atoms with Crippen molar-refractivity contribution < 1.29 is 8.78 Å². The molecule has 0 fully saturated rings. The van der Waals surface area contributed by atoms with Crippen molar-refractivity contribution in [2.24, 2.45) is 0 Å². The number of anilines is 1. The highest BCUT2D eigenvalue weighted by molar-refractivity contribution is 7.99. The molecule has 4 heteroatoms. The van der Waals surface area contributed by atoms with Crippen LogP contribution in [0.1, 0.15) is 0 Å². The summed E-state index contributed by atoms with van der Waals surface area (Å²) >= 11 is 0.467. The molecule has 0 saturated heterocycles. The second-order valence-electron chi connectivity index (χ2n) is 1.92. The molecule has 0 aromatic heterocycles. The molecule has 1 aromatic rings. The zero-order chi connectivity index (χ0) is 8.27. The Morgan fingerprint density at radius 1 is 1.27 bits per heavy atom. The van der Waals surface area contributed by atoms with Crippen LogP contribution in [-0.2, 0) is 0 Å². The van der Waals surface area contributed by atoms with Crippen molar-refractivity contribution in [2.75, 3.05) is 5.73 Å². The zero-order valence-electron chi connectivity index (χ0n) is 5.63. The predicted octanol–water partition coefficient (Wildman–Crippen LogP) is 2.58. The lowest BCUT2D eigenvalue weighted by Gasteiger charge is -2.02. The van der Waals surface area contributed by atoms with Gasteiger partial charge in [-0.25, -0.2) is 0 Å². The standard InChI is InChI=1S/C7H7F2NS/c8-7(9)11-6-4-2-1-3-5(6)10/h1-4,7H,10H2. The quantitative estimate of drug-likeness (QED) is 0.552. The van der Waals surface area contributed by atoms with Crippen LogP contribution in [0.4, 0.5) is 14.5 Å². The molecule has 60 valence electrons. The molecule has 0 aliphatic carbocycles. The first kappa shape index (κ1) is 8.33. The van der Waals surface area contributed by atoms with E-state index in [0.717, 1.165) is 0 Å². The summed E-state index contributed by atoms with van der Waals surface area (Å²) in [6, 6.07) is 6.57. The molecule has 0 spiro atoms. The molecule has 1 aromatic carbocycles. The summed E-state index contributed by atoms with van der Waals surface area (Å²) in [7, 11) is 0. The molecular formula is C7H7F2NS. The first-order valence-electron chi connectivity index (χ1n) is 2.99. The maximum atomic E-state index is 11.8. The molecule has 0 radical (unpaired) electrons. The Morgan fingerprint density at radius 3 is 2.45 bits per heavy atom. The summed E-state index contributed by atoms with van der Waals surface area (Å²) in [6.45, 7) is 0. The van der Waals surface area contributed by atoms with E-state index in [0.29, 0.717) is 22.3 Å². The summed E-state index contributed by atoms with van der Waals surface area (Å²) in [5.41, 5.74) is 5.82. The first-order valence-corrected chi connectivity index (χ1v) is 3.87. The highest BCUT2D eigenvalue weighted by Crippen LogP contribution is 2.29. The van der Waals surface area contributed by atoms with Crippen LogP contribution < -0.4 is 5.73 Å². The number of halogens is 2. The molecule has 0 atom stereocenters. The monoisotopic (exact) mass is 175 g/mol. The lowest BCUT2D eigenvalue weighted by Crippen LogP contribution is -1.89. The lowest BCUT2D eigenvalue weighted by atomic mass is 10.3. The summed E-state index contributed by atoms with van der Waals surface area (Å²) in [4.78, 5) is 0.433. The average molecular weight is 175 g/mol. The number of nitrogens with two attached hydrogens (primary N) is 1. The Morgan fingerprint density at radius 2 is 1.91 bits per heavy atom. The number of para-hydroxylation sites is 1. The van der Waals surface area contributed by atoms with Gasteiger partial charge >= 0.3 is 0 Å². The highest BCUT2D eigenvalue weighted by atomic mass is 32.2. The molecular weight excluding hydrogens is 168 g/mol. The average Bonchev–Trinajstić information content (AvgIpc) is 1.93. The number of hydrogen-bond acceptors (Lipinski definition) is 2. The Labute approximate surface area is 67.6 Å². The third kappa shape index (κ3) is 2.38. The molecule has 2 N–H and O–H groups in total. The maximum absolute atomic E-state index is 11.8. The van der Waals surface area contributed by atoms with E-state index in [1.54, 1.807) is 24.3 Å². The van der Waals surface area contributed by atoms with Gasteiger partial charge in [-0.15, -0.1) is 0 Å². The zero-order valence-corrected chi connectivity index (χ0v) is 6.44. The molecule has 0 unspecified atom stereocenters. The molecule has 0 bridgehead atoms. The van der Waals surface area contributed by atoms with Gasteiger partial charge in [-0.3, -0.25) is 0 Å². The Hall–Kier alpha value is -0.770. The van der Waals surface area contributed by atoms with Crippen molar-refractivity contribution in [3.8, 4) is 0 Å². The molecule has 1 nitrogen and oxygen atoms in total. The van der Waals surface area contributed by atoms with Crippen molar-refractivity contribution in [1.82, 2.24) is 0 Å². The fourth-order valence-corrected chi connectivity index (χ4v) is 1.24. The number of rotatable bonds is 2. The summed E-state index contributed by atoms with van der Waals surface area (Å²) in [5.74, 6) is -2.40. The van der Waals surface area contributed by atoms with Gasteiger partial charge in [0.05, 0.1) is 0 Å². The van der Waals surface area contributed by atoms with E-state index < -0.39 is 5.76 Å². The minimum atomic E-state index is -2.40. The van der Waals surface area contributed by atoms with Crippen molar-refractivity contribution >= 4 is 17.4 Å². The van der Waals surface area contributed by atoms with Gasteiger partial charge in [-0.2, -0.15) is 8.78 Å². The van der Waals surface area contributed by atoms with Crippen LogP contribution >= 0.6 is 11.8 Å². The Kier molecular flexibility index (Phi) is 2.70. The first-order chi connectivity index (χ1) is 5.20. The number of benzene rings is 1. The number of hydrogen-bond donors (Lipinski definition) is 1. The van der Waals surface area contributed by atoms with Gasteiger partial charge in [0.25, 0.3) is 5.76 Å². The van der Waals surface area contributed by atoms with Gasteiger partial charge in [-0.1, -0.05) is 23.9 Å². The van der Waals surface area contributed by atoms with Gasteiger partial charge in [-0.05, 0) is 12.1 Å². The van der Waals surface area contributed by atoms with Crippen LogP contribution in [0.2, 0.25) is 0 Å². The van der Waals surface area contributed by atoms with Gasteiger partial charge in [0, 0.05) is 10.6 Å². The normalized spacial score (nSPS) is 10.5. The van der Waals surface area contributed by atoms with Gasteiger partial charge < -0.3 is 5.73 Å². The smallest absolute Gasteiger partial charge is 0.288 e. The van der Waals surface area contributed by atoms with Crippen molar-refractivity contribution in [3.63, 3.8) is 0 Å². The van der Waals surface area contributed by atoms with E-state index in [1.807, 2.05) is 0 Å². The van der Waals surface area contributed by atoms with Crippen LogP contribution in [-0.4, -0.2) is 5.76 Å². The van der Waals surface area contributed by atoms with Crippen LogP contribution in [0.25, 0.3) is 0 Å². The third-order valence-corrected chi connectivity index (χ3v) is 1.94. The van der Waals surface area contributed by atoms with Crippen LogP contribution in [0.3, 0.4) is 0 Å². The largest absolute Gasteiger partial charge is 0.398 e. The van der Waals surface area contributed by atoms with Crippen LogP contribution in [0.15, 0.2) is 29.2 Å². The van der Waals surface area contributed by atoms with E-state index in [4.69, 9.17) is 5.73 Å². The Bertz CT molecular complexity index is 240. The molecule has 0 aliphatic rings. The van der Waals surface area contributed by atoms with Gasteiger partial charge in [0.2, 0.25) is 0 Å². The fourth-order valence-electron chi connectivity index (χ4n) is 0.684. The molecule has 0 saturated carbocycles. The van der Waals surface area contributed by atoms with E-state index in [-0.39, 0.29) is 0 Å². The fraction of sp³-hybridized carbons (Fsp3) is 0.143. The maximum Gasteiger partial charge on any atom is 0.288 e. The van der Waals surface area contributed by atoms with E-state index in [1.165, 1.54) is 0 Å². The second kappa shape index (κ2) is 3.57. The minimum absolute atomic E-state index is 0.401. The lowest BCUT2D eigenvalue weighted by molar-refractivity contribution is 0.252. The van der Waals surface area contributed by atoms with Gasteiger partial charge in [0.15, 0.2) is 0 Å².